The lowest BCUT2D eigenvalue weighted by Gasteiger charge is -2.03. The van der Waals surface area contributed by atoms with Crippen molar-refractivity contribution < 1.29 is 17.9 Å². The Balaban J connectivity index is 2.46. The van der Waals surface area contributed by atoms with E-state index in [2.05, 4.69) is 4.98 Å². The van der Waals surface area contributed by atoms with E-state index in [1.54, 1.807) is 25.4 Å². The molecule has 0 bridgehead atoms. The van der Waals surface area contributed by atoms with E-state index < -0.39 is 9.84 Å². The van der Waals surface area contributed by atoms with Crippen LogP contribution in [-0.4, -0.2) is 38.4 Å². The lowest BCUT2D eigenvalue weighted by molar-refractivity contribution is 0.123. The standard InChI is InChI=1S/C13H16N2O4S/c1-18-9-15-8-12(14-13(15)20(3,16)17)10-4-6-11(19-2)7-5-10/h4-8H,9H2,1-3H3. The maximum atomic E-state index is 11.7. The first kappa shape index (κ1) is 14.5. The maximum absolute atomic E-state index is 11.7. The maximum Gasteiger partial charge on any atom is 0.229 e. The monoisotopic (exact) mass is 296 g/mol. The van der Waals surface area contributed by atoms with Crippen molar-refractivity contribution in [2.24, 2.45) is 0 Å². The molecule has 0 saturated heterocycles. The fourth-order valence-electron chi connectivity index (χ4n) is 1.83. The molecular weight excluding hydrogens is 280 g/mol. The predicted molar refractivity (Wildman–Crippen MR) is 74.3 cm³/mol. The summed E-state index contributed by atoms with van der Waals surface area (Å²) in [6.07, 6.45) is 2.78. The smallest absolute Gasteiger partial charge is 0.229 e. The number of hydrogen-bond donors (Lipinski definition) is 0. The van der Waals surface area contributed by atoms with Crippen molar-refractivity contribution in [3.8, 4) is 17.0 Å². The van der Waals surface area contributed by atoms with E-state index in [1.165, 1.54) is 11.7 Å². The first-order chi connectivity index (χ1) is 9.45. The Hall–Kier alpha value is -1.86. The molecule has 2 rings (SSSR count). The van der Waals surface area contributed by atoms with Gasteiger partial charge < -0.3 is 9.47 Å². The van der Waals surface area contributed by atoms with Crippen molar-refractivity contribution in [2.45, 2.75) is 11.9 Å². The minimum absolute atomic E-state index is 0.00910. The number of rotatable bonds is 5. The first-order valence-corrected chi connectivity index (χ1v) is 7.75. The second-order valence-electron chi connectivity index (χ2n) is 4.30. The number of ether oxygens (including phenoxy) is 2. The van der Waals surface area contributed by atoms with E-state index in [9.17, 15) is 8.42 Å². The Morgan fingerprint density at radius 2 is 1.85 bits per heavy atom. The summed E-state index contributed by atoms with van der Waals surface area (Å²) in [5.41, 5.74) is 1.38. The zero-order valence-electron chi connectivity index (χ0n) is 11.5. The summed E-state index contributed by atoms with van der Waals surface area (Å²) < 4.78 is 35.0. The van der Waals surface area contributed by atoms with E-state index in [-0.39, 0.29) is 11.9 Å². The van der Waals surface area contributed by atoms with Crippen LogP contribution in [-0.2, 0) is 21.3 Å². The molecule has 7 heteroatoms. The highest BCUT2D eigenvalue weighted by Crippen LogP contribution is 2.23. The number of aromatic nitrogens is 2. The summed E-state index contributed by atoms with van der Waals surface area (Å²) in [6, 6.07) is 7.24. The topological polar surface area (TPSA) is 70.4 Å². The number of imidazole rings is 1. The van der Waals surface area contributed by atoms with E-state index in [0.29, 0.717) is 5.69 Å². The molecule has 0 saturated carbocycles. The molecule has 1 aromatic heterocycles. The van der Waals surface area contributed by atoms with Gasteiger partial charge in [-0.05, 0) is 24.3 Å². The molecule has 0 spiro atoms. The lowest BCUT2D eigenvalue weighted by atomic mass is 10.2. The minimum Gasteiger partial charge on any atom is -0.497 e. The Morgan fingerprint density at radius 3 is 2.35 bits per heavy atom. The highest BCUT2D eigenvalue weighted by Gasteiger charge is 2.18. The molecule has 0 N–H and O–H groups in total. The Labute approximate surface area is 117 Å². The van der Waals surface area contributed by atoms with Gasteiger partial charge in [0.15, 0.2) is 0 Å². The number of hydrogen-bond acceptors (Lipinski definition) is 5. The van der Waals surface area contributed by atoms with Gasteiger partial charge in [-0.2, -0.15) is 0 Å². The third-order valence-electron chi connectivity index (χ3n) is 2.73. The highest BCUT2D eigenvalue weighted by atomic mass is 32.2. The van der Waals surface area contributed by atoms with Crippen molar-refractivity contribution in [1.82, 2.24) is 9.55 Å². The van der Waals surface area contributed by atoms with Crippen LogP contribution in [0.3, 0.4) is 0 Å². The van der Waals surface area contributed by atoms with E-state index in [4.69, 9.17) is 9.47 Å². The SMILES string of the molecule is COCn1cc(-c2ccc(OC)cc2)nc1S(C)(=O)=O. The highest BCUT2D eigenvalue weighted by molar-refractivity contribution is 7.90. The van der Waals surface area contributed by atoms with Crippen molar-refractivity contribution in [1.29, 1.82) is 0 Å². The van der Waals surface area contributed by atoms with Crippen molar-refractivity contribution >= 4 is 9.84 Å². The van der Waals surface area contributed by atoms with Gasteiger partial charge in [0.25, 0.3) is 0 Å². The van der Waals surface area contributed by atoms with E-state index >= 15 is 0 Å². The molecule has 2 aromatic rings. The fourth-order valence-corrected chi connectivity index (χ4v) is 2.62. The molecule has 0 radical (unpaired) electrons. The molecule has 1 aromatic carbocycles. The molecule has 0 aliphatic heterocycles. The van der Waals surface area contributed by atoms with Crippen molar-refractivity contribution in [2.75, 3.05) is 20.5 Å². The van der Waals surface area contributed by atoms with Crippen LogP contribution in [0.1, 0.15) is 0 Å². The van der Waals surface area contributed by atoms with Gasteiger partial charge in [0, 0.05) is 25.1 Å². The molecule has 0 aliphatic carbocycles. The van der Waals surface area contributed by atoms with Gasteiger partial charge in [-0.25, -0.2) is 13.4 Å². The predicted octanol–water partition coefficient (Wildman–Crippen LogP) is 1.57. The van der Waals surface area contributed by atoms with Crippen LogP contribution >= 0.6 is 0 Å². The van der Waals surface area contributed by atoms with Crippen LogP contribution in [0, 0.1) is 0 Å². The summed E-state index contributed by atoms with van der Waals surface area (Å²) in [6.45, 7) is 0.131. The van der Waals surface area contributed by atoms with Crippen LogP contribution in [0.4, 0.5) is 0 Å². The zero-order chi connectivity index (χ0) is 14.8. The van der Waals surface area contributed by atoms with Crippen LogP contribution in [0.25, 0.3) is 11.3 Å². The molecule has 0 unspecified atom stereocenters. The van der Waals surface area contributed by atoms with Gasteiger partial charge in [-0.1, -0.05) is 0 Å². The lowest BCUT2D eigenvalue weighted by Crippen LogP contribution is -2.09. The van der Waals surface area contributed by atoms with Gasteiger partial charge in [-0.3, -0.25) is 4.57 Å². The van der Waals surface area contributed by atoms with Crippen LogP contribution in [0.5, 0.6) is 5.75 Å². The van der Waals surface area contributed by atoms with Gasteiger partial charge in [0.05, 0.1) is 12.8 Å². The van der Waals surface area contributed by atoms with Gasteiger partial charge >= 0.3 is 0 Å². The Kier molecular flexibility index (Phi) is 4.10. The second kappa shape index (κ2) is 5.64. The van der Waals surface area contributed by atoms with Crippen molar-refractivity contribution in [3.63, 3.8) is 0 Å². The summed E-state index contributed by atoms with van der Waals surface area (Å²) in [5, 5.41) is -0.00910. The number of methoxy groups -OCH3 is 2. The molecule has 0 amide bonds. The number of nitrogens with zero attached hydrogens (tertiary/aromatic N) is 2. The van der Waals surface area contributed by atoms with Crippen LogP contribution in [0.2, 0.25) is 0 Å². The van der Waals surface area contributed by atoms with Crippen LogP contribution in [0.15, 0.2) is 35.6 Å². The molecular formula is C13H16N2O4S. The minimum atomic E-state index is -3.41. The van der Waals surface area contributed by atoms with E-state index in [1.807, 2.05) is 12.1 Å². The molecule has 1 heterocycles. The third-order valence-corrected chi connectivity index (χ3v) is 3.71. The van der Waals surface area contributed by atoms with Crippen LogP contribution < -0.4 is 4.74 Å². The Bertz CT molecular complexity index is 690. The van der Waals surface area contributed by atoms with Gasteiger partial charge in [0.1, 0.15) is 12.5 Å². The summed E-state index contributed by atoms with van der Waals surface area (Å²) in [7, 11) is -0.322. The van der Waals surface area contributed by atoms with Gasteiger partial charge in [0.2, 0.25) is 15.0 Å². The van der Waals surface area contributed by atoms with Gasteiger partial charge in [-0.15, -0.1) is 0 Å². The average Bonchev–Trinajstić information content (AvgIpc) is 2.83. The molecule has 0 aliphatic rings. The van der Waals surface area contributed by atoms with Crippen molar-refractivity contribution in [3.05, 3.63) is 30.5 Å². The fraction of sp³-hybridized carbons (Fsp3) is 0.308. The zero-order valence-corrected chi connectivity index (χ0v) is 12.3. The molecule has 0 fully saturated rings. The summed E-state index contributed by atoms with van der Waals surface area (Å²) >= 11 is 0. The average molecular weight is 296 g/mol. The second-order valence-corrected chi connectivity index (χ2v) is 6.21. The number of sulfone groups is 1. The Morgan fingerprint density at radius 1 is 1.20 bits per heavy atom. The third kappa shape index (κ3) is 3.00. The molecule has 0 atom stereocenters. The summed E-state index contributed by atoms with van der Waals surface area (Å²) in [4.78, 5) is 4.18. The number of benzene rings is 1. The molecule has 20 heavy (non-hydrogen) atoms. The largest absolute Gasteiger partial charge is 0.497 e. The summed E-state index contributed by atoms with van der Waals surface area (Å²) in [5.74, 6) is 0.730. The normalized spacial score (nSPS) is 11.6. The van der Waals surface area contributed by atoms with E-state index in [0.717, 1.165) is 17.6 Å². The quantitative estimate of drug-likeness (QED) is 0.837. The molecule has 108 valence electrons. The molecule has 6 nitrogen and oxygen atoms in total. The first-order valence-electron chi connectivity index (χ1n) is 5.86.